The number of nitrogens with one attached hydrogen (secondary N) is 1. The molecule has 1 N–H and O–H groups in total. The van der Waals surface area contributed by atoms with E-state index in [1.54, 1.807) is 12.1 Å². The van der Waals surface area contributed by atoms with Gasteiger partial charge in [0.05, 0.1) is 15.1 Å². The van der Waals surface area contributed by atoms with Crippen molar-refractivity contribution in [1.82, 2.24) is 5.32 Å². The minimum atomic E-state index is -0.634. The van der Waals surface area contributed by atoms with E-state index in [9.17, 15) is 4.79 Å². The third-order valence-electron chi connectivity index (χ3n) is 2.72. The van der Waals surface area contributed by atoms with Crippen LogP contribution < -0.4 is 14.8 Å². The van der Waals surface area contributed by atoms with E-state index < -0.39 is 6.09 Å². The summed E-state index contributed by atoms with van der Waals surface area (Å²) in [6, 6.07) is 10.1. The molecule has 0 heterocycles. The van der Waals surface area contributed by atoms with Crippen LogP contribution in [0.25, 0.3) is 0 Å². The Kier molecular flexibility index (Phi) is 5.77. The number of benzene rings is 2. The van der Waals surface area contributed by atoms with E-state index in [1.165, 1.54) is 12.1 Å². The fourth-order valence-electron chi connectivity index (χ4n) is 1.59. The minimum absolute atomic E-state index is 0.123. The zero-order valence-corrected chi connectivity index (χ0v) is 13.8. The van der Waals surface area contributed by atoms with Gasteiger partial charge in [0, 0.05) is 6.07 Å². The van der Waals surface area contributed by atoms with Crippen molar-refractivity contribution < 1.29 is 14.3 Å². The summed E-state index contributed by atoms with van der Waals surface area (Å²) in [5, 5.41) is 3.38. The van der Waals surface area contributed by atoms with Crippen molar-refractivity contribution in [2.75, 3.05) is 6.73 Å². The highest BCUT2D eigenvalue weighted by Gasteiger charge is 2.09. The second-order valence-electron chi connectivity index (χ2n) is 4.32. The number of carbonyl (C=O) groups is 1. The number of halogens is 3. The number of hydrogen-bond donors (Lipinski definition) is 1. The highest BCUT2D eigenvalue weighted by Crippen LogP contribution is 2.33. The van der Waals surface area contributed by atoms with Gasteiger partial charge in [-0.3, -0.25) is 5.32 Å². The van der Waals surface area contributed by atoms with E-state index in [-0.39, 0.29) is 6.73 Å². The predicted octanol–water partition coefficient (Wildman–Crippen LogP) is 5.08. The molecule has 7 heteroatoms. The van der Waals surface area contributed by atoms with E-state index in [0.29, 0.717) is 26.6 Å². The van der Waals surface area contributed by atoms with Crippen molar-refractivity contribution in [1.29, 1.82) is 0 Å². The lowest BCUT2D eigenvalue weighted by Crippen LogP contribution is -2.30. The van der Waals surface area contributed by atoms with Crippen molar-refractivity contribution in [2.24, 2.45) is 0 Å². The van der Waals surface area contributed by atoms with Crippen molar-refractivity contribution >= 4 is 40.9 Å². The predicted molar refractivity (Wildman–Crippen MR) is 87.3 cm³/mol. The standard InChI is InChI=1S/C15H12Cl3NO3/c1-9-4-2-3-5-13(9)22-15(20)19-8-21-14-7-11(17)10(16)6-12(14)18/h2-7H,8H2,1H3,(H,19,20). The molecule has 0 saturated heterocycles. The smallest absolute Gasteiger partial charge is 0.415 e. The molecule has 0 fully saturated rings. The summed E-state index contributed by atoms with van der Waals surface area (Å²) in [6.45, 7) is 1.72. The van der Waals surface area contributed by atoms with E-state index in [2.05, 4.69) is 5.32 Å². The van der Waals surface area contributed by atoms with Crippen molar-refractivity contribution in [3.8, 4) is 11.5 Å². The Morgan fingerprint density at radius 1 is 1.05 bits per heavy atom. The first kappa shape index (κ1) is 16.7. The van der Waals surface area contributed by atoms with Crippen LogP contribution in [0.2, 0.25) is 15.1 Å². The molecule has 1 amide bonds. The zero-order chi connectivity index (χ0) is 16.1. The molecular formula is C15H12Cl3NO3. The van der Waals surface area contributed by atoms with Gasteiger partial charge in [0.25, 0.3) is 0 Å². The highest BCUT2D eigenvalue weighted by atomic mass is 35.5. The first-order valence-electron chi connectivity index (χ1n) is 6.26. The fourth-order valence-corrected chi connectivity index (χ4v) is 2.19. The lowest BCUT2D eigenvalue weighted by atomic mass is 10.2. The number of ether oxygens (including phenoxy) is 2. The monoisotopic (exact) mass is 359 g/mol. The lowest BCUT2D eigenvalue weighted by molar-refractivity contribution is 0.185. The molecule has 2 aromatic rings. The van der Waals surface area contributed by atoms with Crippen LogP contribution in [0.5, 0.6) is 11.5 Å². The maximum atomic E-state index is 11.7. The van der Waals surface area contributed by atoms with Crippen LogP contribution in [-0.2, 0) is 0 Å². The van der Waals surface area contributed by atoms with Gasteiger partial charge < -0.3 is 9.47 Å². The Bertz CT molecular complexity index is 692. The maximum absolute atomic E-state index is 11.7. The molecule has 0 unspecified atom stereocenters. The van der Waals surface area contributed by atoms with Gasteiger partial charge in [-0.1, -0.05) is 53.0 Å². The molecule has 0 radical (unpaired) electrons. The van der Waals surface area contributed by atoms with E-state index in [0.717, 1.165) is 5.56 Å². The molecule has 4 nitrogen and oxygen atoms in total. The van der Waals surface area contributed by atoms with Gasteiger partial charge in [0.2, 0.25) is 0 Å². The first-order valence-corrected chi connectivity index (χ1v) is 7.39. The van der Waals surface area contributed by atoms with Gasteiger partial charge in [0.1, 0.15) is 11.5 Å². The topological polar surface area (TPSA) is 47.6 Å². The summed E-state index contributed by atoms with van der Waals surface area (Å²) >= 11 is 17.6. The van der Waals surface area contributed by atoms with Crippen LogP contribution in [0.1, 0.15) is 5.56 Å². The van der Waals surface area contributed by atoms with Crippen LogP contribution in [0.4, 0.5) is 4.79 Å². The summed E-state index contributed by atoms with van der Waals surface area (Å²) in [5.41, 5.74) is 0.853. The number of aryl methyl sites for hydroxylation is 1. The zero-order valence-electron chi connectivity index (χ0n) is 11.5. The Labute approximate surface area is 142 Å². The fraction of sp³-hybridized carbons (Fsp3) is 0.133. The quantitative estimate of drug-likeness (QED) is 0.611. The van der Waals surface area contributed by atoms with Gasteiger partial charge >= 0.3 is 6.09 Å². The molecule has 0 saturated carbocycles. The van der Waals surface area contributed by atoms with Crippen molar-refractivity contribution in [3.05, 3.63) is 57.0 Å². The van der Waals surface area contributed by atoms with Crippen LogP contribution in [-0.4, -0.2) is 12.8 Å². The minimum Gasteiger partial charge on any atom is -0.472 e. The Morgan fingerprint density at radius 3 is 2.45 bits per heavy atom. The number of para-hydroxylation sites is 1. The third kappa shape index (κ3) is 4.44. The second kappa shape index (κ2) is 7.58. The second-order valence-corrected chi connectivity index (χ2v) is 5.54. The molecule has 116 valence electrons. The Morgan fingerprint density at radius 2 is 1.73 bits per heavy atom. The van der Waals surface area contributed by atoms with Crippen LogP contribution in [0.3, 0.4) is 0 Å². The van der Waals surface area contributed by atoms with E-state index in [4.69, 9.17) is 44.3 Å². The molecule has 0 aromatic heterocycles. The Balaban J connectivity index is 1.87. The van der Waals surface area contributed by atoms with Gasteiger partial charge in [-0.2, -0.15) is 0 Å². The number of amides is 1. The first-order chi connectivity index (χ1) is 10.5. The third-order valence-corrected chi connectivity index (χ3v) is 3.73. The molecule has 22 heavy (non-hydrogen) atoms. The maximum Gasteiger partial charge on any atom is 0.415 e. The van der Waals surface area contributed by atoms with E-state index in [1.807, 2.05) is 19.1 Å². The summed E-state index contributed by atoms with van der Waals surface area (Å²) in [6.07, 6.45) is -0.634. The van der Waals surface area contributed by atoms with Crippen molar-refractivity contribution in [2.45, 2.75) is 6.92 Å². The number of rotatable bonds is 4. The molecular weight excluding hydrogens is 349 g/mol. The molecule has 0 atom stereocenters. The summed E-state index contributed by atoms with van der Waals surface area (Å²) in [4.78, 5) is 11.7. The molecule has 0 bridgehead atoms. The highest BCUT2D eigenvalue weighted by molar-refractivity contribution is 6.43. The largest absolute Gasteiger partial charge is 0.472 e. The van der Waals surface area contributed by atoms with Crippen molar-refractivity contribution in [3.63, 3.8) is 0 Å². The SMILES string of the molecule is Cc1ccccc1OC(=O)NCOc1cc(Cl)c(Cl)cc1Cl. The molecule has 2 aromatic carbocycles. The number of carbonyl (C=O) groups excluding carboxylic acids is 1. The normalized spacial score (nSPS) is 10.2. The summed E-state index contributed by atoms with van der Waals surface area (Å²) in [5.74, 6) is 0.792. The van der Waals surface area contributed by atoms with E-state index >= 15 is 0 Å². The average molecular weight is 361 g/mol. The van der Waals surface area contributed by atoms with Crippen LogP contribution in [0.15, 0.2) is 36.4 Å². The van der Waals surface area contributed by atoms with Gasteiger partial charge in [-0.15, -0.1) is 0 Å². The van der Waals surface area contributed by atoms with Gasteiger partial charge in [-0.25, -0.2) is 4.79 Å². The van der Waals surface area contributed by atoms with Gasteiger partial charge in [-0.05, 0) is 24.6 Å². The lowest BCUT2D eigenvalue weighted by Gasteiger charge is -2.11. The summed E-state index contributed by atoms with van der Waals surface area (Å²) in [7, 11) is 0. The summed E-state index contributed by atoms with van der Waals surface area (Å²) < 4.78 is 10.5. The molecule has 2 rings (SSSR count). The van der Waals surface area contributed by atoms with Crippen LogP contribution in [0, 0.1) is 6.92 Å². The molecule has 0 aliphatic rings. The number of hydrogen-bond acceptors (Lipinski definition) is 3. The van der Waals surface area contributed by atoms with Crippen LogP contribution >= 0.6 is 34.8 Å². The molecule has 0 spiro atoms. The van der Waals surface area contributed by atoms with Gasteiger partial charge in [0.15, 0.2) is 6.73 Å². The molecule has 0 aliphatic carbocycles. The average Bonchev–Trinajstić information content (AvgIpc) is 2.47. The Hall–Kier alpha value is -1.62. The molecule has 0 aliphatic heterocycles.